The standard InChI is InChI=1S/C27H24F3N5.C18H22N6.C7H3F3N2/c1-34-8-10-35(11-9-34)21-4-7-23-19(13-21)14-25(32-23)17-2-5-22-18(12-17)15-26(33-22)24-6-3-20(16-31-24)27(28,29)30;1-23-6-8-24(9-7-23)13-3-5-16-17(11-13)22-18(21-16)12-2-4-14(19)15(20)10-12;1-11-6-3-2-5(4-12-6)7(8,9)10/h2-7,12-13,16H,8-11,14-15H2,1H3;2-5,10-11H,6-9,19-20H2,1H3,(H,21,22);2-4H. The third kappa shape index (κ3) is 11.1. The Bertz CT molecular complexity index is 3160. The molecule has 4 aliphatic rings. The summed E-state index contributed by atoms with van der Waals surface area (Å²) in [6, 6.07) is 29.0. The Balaban J connectivity index is 0.000000149. The molecule has 0 saturated carbocycles. The van der Waals surface area contributed by atoms with Crippen molar-refractivity contribution in [3.63, 3.8) is 0 Å². The third-order valence-electron chi connectivity index (χ3n) is 12.8. The van der Waals surface area contributed by atoms with E-state index in [0.29, 0.717) is 35.4 Å². The number of rotatable bonds is 5. The number of nitrogens with zero attached hydrogens (tertiary/aromatic N) is 10. The van der Waals surface area contributed by atoms with Crippen molar-refractivity contribution in [2.24, 2.45) is 9.98 Å². The topological polar surface area (TPSA) is 149 Å². The van der Waals surface area contributed by atoms with Gasteiger partial charge in [0.1, 0.15) is 12.0 Å². The number of nitrogens with one attached hydrogen (secondary N) is 1. The number of fused-ring (bicyclic) bond motifs is 3. The summed E-state index contributed by atoms with van der Waals surface area (Å²) in [6.07, 6.45) is -5.95. The molecule has 5 N–H and O–H groups in total. The largest absolute Gasteiger partial charge is 0.419 e. The zero-order chi connectivity index (χ0) is 50.0. The van der Waals surface area contributed by atoms with E-state index in [4.69, 9.17) is 23.0 Å². The van der Waals surface area contributed by atoms with Crippen LogP contribution < -0.4 is 21.3 Å². The lowest BCUT2D eigenvalue weighted by Gasteiger charge is -2.34. The van der Waals surface area contributed by atoms with Gasteiger partial charge >= 0.3 is 12.4 Å². The van der Waals surface area contributed by atoms with Crippen molar-refractivity contribution < 1.29 is 26.3 Å². The predicted molar refractivity (Wildman–Crippen MR) is 267 cm³/mol. The minimum absolute atomic E-state index is 0.0389. The molecule has 364 valence electrons. The summed E-state index contributed by atoms with van der Waals surface area (Å²) >= 11 is 0. The number of anilines is 4. The number of nitrogen functional groups attached to an aromatic ring is 2. The number of H-pyrrole nitrogens is 1. The molecule has 3 aromatic heterocycles. The second-order valence-corrected chi connectivity index (χ2v) is 17.8. The first kappa shape index (κ1) is 48.2. The van der Waals surface area contributed by atoms with Crippen molar-refractivity contribution in [1.29, 1.82) is 0 Å². The number of aromatic nitrogens is 4. The highest BCUT2D eigenvalue weighted by atomic mass is 19.4. The molecule has 11 rings (SSSR count). The Morgan fingerprint density at radius 3 is 1.73 bits per heavy atom. The molecule has 4 aromatic carbocycles. The number of piperazine rings is 2. The van der Waals surface area contributed by atoms with Crippen molar-refractivity contribution in [3.8, 4) is 11.4 Å². The Morgan fingerprint density at radius 1 is 0.577 bits per heavy atom. The van der Waals surface area contributed by atoms with Crippen molar-refractivity contribution in [1.82, 2.24) is 29.7 Å². The van der Waals surface area contributed by atoms with Gasteiger partial charge < -0.3 is 40.9 Å². The molecule has 0 bridgehead atoms. The molecule has 0 atom stereocenters. The summed E-state index contributed by atoms with van der Waals surface area (Å²) in [6.45, 7) is 14.9. The van der Waals surface area contributed by atoms with Gasteiger partial charge in [0.05, 0.1) is 62.0 Å². The molecule has 0 spiro atoms. The Labute approximate surface area is 406 Å². The van der Waals surface area contributed by atoms with Crippen molar-refractivity contribution in [2.45, 2.75) is 25.2 Å². The van der Waals surface area contributed by atoms with Crippen LogP contribution in [0.25, 0.3) is 27.3 Å². The summed E-state index contributed by atoms with van der Waals surface area (Å²) in [5.74, 6) is 0.773. The molecule has 13 nitrogen and oxygen atoms in total. The van der Waals surface area contributed by atoms with E-state index in [2.05, 4.69) is 106 Å². The van der Waals surface area contributed by atoms with Gasteiger partial charge in [0.15, 0.2) is 0 Å². The minimum Gasteiger partial charge on any atom is -0.397 e. The van der Waals surface area contributed by atoms with E-state index >= 15 is 0 Å². The van der Waals surface area contributed by atoms with Crippen LogP contribution in [0, 0.1) is 6.57 Å². The lowest BCUT2D eigenvalue weighted by molar-refractivity contribution is -0.138. The predicted octanol–water partition coefficient (Wildman–Crippen LogP) is 10.0. The molecule has 0 radical (unpaired) electrons. The van der Waals surface area contributed by atoms with Crippen LogP contribution in [-0.2, 0) is 25.2 Å². The quantitative estimate of drug-likeness (QED) is 0.0871. The molecule has 4 aliphatic heterocycles. The van der Waals surface area contributed by atoms with E-state index in [0.717, 1.165) is 134 Å². The maximum atomic E-state index is 12.8. The SMILES string of the molecule is CN1CCN(c2ccc3c(c2)CC(c2ccc4c(c2)CC(c2ccc(C(F)(F)F)cn2)=N4)=N3)CC1.CN1CCN(c2ccc3nc(-c4ccc(N)c(N)c4)[nH]c3c2)CC1.[C-]#[N+]c1ccc(C(F)(F)F)cn1. The van der Waals surface area contributed by atoms with Gasteiger partial charge in [-0.25, -0.2) is 4.98 Å². The molecule has 19 heteroatoms. The van der Waals surface area contributed by atoms with Crippen molar-refractivity contribution >= 4 is 62.4 Å². The Morgan fingerprint density at radius 2 is 1.14 bits per heavy atom. The number of hydrogen-bond acceptors (Lipinski definition) is 11. The maximum absolute atomic E-state index is 12.8. The highest BCUT2D eigenvalue weighted by Crippen LogP contribution is 2.36. The second kappa shape index (κ2) is 19.9. The number of imidazole rings is 1. The molecular weight excluding hydrogens is 921 g/mol. The fourth-order valence-corrected chi connectivity index (χ4v) is 8.61. The van der Waals surface area contributed by atoms with Gasteiger partial charge in [-0.05, 0) is 116 Å². The number of likely N-dealkylation sites (N-methyl/N-ethyl adjacent to an activating group) is 2. The second-order valence-electron chi connectivity index (χ2n) is 17.8. The summed E-state index contributed by atoms with van der Waals surface area (Å²) in [5.41, 5.74) is 24.1. The fraction of sp³-hybridized carbons (Fsp3) is 0.269. The van der Waals surface area contributed by atoms with Crippen molar-refractivity contribution in [3.05, 3.63) is 154 Å². The first-order valence-electron chi connectivity index (χ1n) is 22.9. The first-order chi connectivity index (χ1) is 34.0. The third-order valence-corrected chi connectivity index (χ3v) is 12.8. The normalized spacial score (nSPS) is 16.0. The molecule has 7 heterocycles. The average Bonchev–Trinajstić information content (AvgIpc) is 4.12. The fourth-order valence-electron chi connectivity index (χ4n) is 8.61. The van der Waals surface area contributed by atoms with Gasteiger partial charge in [-0.2, -0.15) is 26.3 Å². The smallest absolute Gasteiger partial charge is 0.397 e. The summed E-state index contributed by atoms with van der Waals surface area (Å²) in [5, 5.41) is 0. The van der Waals surface area contributed by atoms with Crippen LogP contribution in [0.3, 0.4) is 0 Å². The summed E-state index contributed by atoms with van der Waals surface area (Å²) in [4.78, 5) is 37.3. The molecular formula is C52H49F6N13. The van der Waals surface area contributed by atoms with E-state index in [1.54, 1.807) is 0 Å². The number of aliphatic imine (C=N–C) groups is 2. The van der Waals surface area contributed by atoms with Gasteiger partial charge in [0.2, 0.25) is 0 Å². The highest BCUT2D eigenvalue weighted by Gasteiger charge is 2.32. The van der Waals surface area contributed by atoms with E-state index in [9.17, 15) is 26.3 Å². The van der Waals surface area contributed by atoms with E-state index in [1.165, 1.54) is 23.0 Å². The van der Waals surface area contributed by atoms with Gasteiger partial charge in [0.25, 0.3) is 5.82 Å². The number of alkyl halides is 6. The molecule has 2 fully saturated rings. The monoisotopic (exact) mass is 969 g/mol. The number of pyridine rings is 2. The number of nitrogens with two attached hydrogens (primary N) is 2. The van der Waals surface area contributed by atoms with Crippen LogP contribution in [0.1, 0.15) is 33.5 Å². The van der Waals surface area contributed by atoms with Crippen LogP contribution in [0.15, 0.2) is 119 Å². The number of halogens is 6. The summed E-state index contributed by atoms with van der Waals surface area (Å²) < 4.78 is 74.3. The summed E-state index contributed by atoms with van der Waals surface area (Å²) in [7, 11) is 4.32. The maximum Gasteiger partial charge on any atom is 0.419 e. The van der Waals surface area contributed by atoms with Crippen LogP contribution in [-0.4, -0.2) is 108 Å². The minimum atomic E-state index is -4.40. The number of benzene rings is 4. The Hall–Kier alpha value is -7.82. The number of aromatic amines is 1. The van der Waals surface area contributed by atoms with Crippen LogP contribution >= 0.6 is 0 Å². The zero-order valence-electron chi connectivity index (χ0n) is 38.9. The van der Waals surface area contributed by atoms with E-state index in [-0.39, 0.29) is 5.82 Å². The molecule has 71 heavy (non-hydrogen) atoms. The lowest BCUT2D eigenvalue weighted by atomic mass is 9.99. The van der Waals surface area contributed by atoms with E-state index in [1.807, 2.05) is 30.3 Å². The van der Waals surface area contributed by atoms with Crippen molar-refractivity contribution in [2.75, 3.05) is 87.7 Å². The van der Waals surface area contributed by atoms with Gasteiger partial charge in [-0.3, -0.25) is 15.0 Å². The van der Waals surface area contributed by atoms with E-state index < -0.39 is 23.5 Å². The van der Waals surface area contributed by atoms with Gasteiger partial charge in [0, 0.05) is 88.3 Å². The zero-order valence-corrected chi connectivity index (χ0v) is 38.9. The first-order valence-corrected chi connectivity index (χ1v) is 22.9. The van der Waals surface area contributed by atoms with Gasteiger partial charge in [-0.1, -0.05) is 18.7 Å². The molecule has 0 aliphatic carbocycles. The van der Waals surface area contributed by atoms with Gasteiger partial charge in [-0.15, -0.1) is 4.98 Å². The van der Waals surface area contributed by atoms with Crippen LogP contribution in [0.2, 0.25) is 0 Å². The van der Waals surface area contributed by atoms with Crippen LogP contribution in [0.5, 0.6) is 0 Å². The molecule has 2 saturated heterocycles. The average molecular weight is 970 g/mol. The molecule has 7 aromatic rings. The van der Waals surface area contributed by atoms with Crippen LogP contribution in [0.4, 0.5) is 66.3 Å². The lowest BCUT2D eigenvalue weighted by Crippen LogP contribution is -2.44. The number of hydrogen-bond donors (Lipinski definition) is 3. The molecule has 0 unspecified atom stereocenters. The molecule has 0 amide bonds. The highest BCUT2D eigenvalue weighted by molar-refractivity contribution is 6.09. The Kier molecular flexibility index (Phi) is 13.5.